The molecule has 0 aliphatic rings. The van der Waals surface area contributed by atoms with Gasteiger partial charge in [-0.15, -0.1) is 0 Å². The van der Waals surface area contributed by atoms with Crippen LogP contribution in [0.2, 0.25) is 10.2 Å². The monoisotopic (exact) mass is 404 g/mol. The Morgan fingerprint density at radius 2 is 1.93 bits per heavy atom. The van der Waals surface area contributed by atoms with Gasteiger partial charge in [-0.05, 0) is 42.3 Å². The van der Waals surface area contributed by atoms with Crippen LogP contribution in [0.1, 0.15) is 11.5 Å². The van der Waals surface area contributed by atoms with Crippen molar-refractivity contribution in [2.24, 2.45) is 4.99 Å². The molecule has 0 bridgehead atoms. The summed E-state index contributed by atoms with van der Waals surface area (Å²) in [6, 6.07) is 11.0. The van der Waals surface area contributed by atoms with Gasteiger partial charge in [-0.25, -0.2) is 4.98 Å². The molecule has 0 amide bonds. The molecule has 1 aromatic carbocycles. The zero-order valence-electron chi connectivity index (χ0n) is 14.6. The maximum Gasteiger partial charge on any atom is 0.246 e. The van der Waals surface area contributed by atoms with E-state index in [1.54, 1.807) is 31.4 Å². The predicted octanol–water partition coefficient (Wildman–Crippen LogP) is 3.35. The number of hydrogen-bond acceptors (Lipinski definition) is 5. The van der Waals surface area contributed by atoms with Crippen molar-refractivity contribution in [2.45, 2.75) is 13.0 Å². The quantitative estimate of drug-likeness (QED) is 0.372. The maximum absolute atomic E-state index is 5.89. The molecule has 3 rings (SSSR count). The summed E-state index contributed by atoms with van der Waals surface area (Å²) < 4.78 is 5.27. The normalized spacial score (nSPS) is 11.4. The van der Waals surface area contributed by atoms with Crippen molar-refractivity contribution < 1.29 is 4.52 Å². The smallest absolute Gasteiger partial charge is 0.246 e. The van der Waals surface area contributed by atoms with Crippen LogP contribution < -0.4 is 10.6 Å². The minimum absolute atomic E-state index is 0.364. The molecule has 0 fully saturated rings. The second-order valence-corrected chi connectivity index (χ2v) is 6.43. The number of pyridine rings is 1. The van der Waals surface area contributed by atoms with Crippen molar-refractivity contribution in [1.82, 2.24) is 25.8 Å². The van der Waals surface area contributed by atoms with E-state index >= 15 is 0 Å². The second kappa shape index (κ2) is 9.34. The van der Waals surface area contributed by atoms with Crippen molar-refractivity contribution in [3.05, 3.63) is 64.2 Å². The van der Waals surface area contributed by atoms with E-state index in [0.717, 1.165) is 17.5 Å². The number of hydrogen-bond donors (Lipinski definition) is 2. The van der Waals surface area contributed by atoms with E-state index in [1.807, 2.05) is 18.2 Å². The predicted molar refractivity (Wildman–Crippen MR) is 106 cm³/mol. The average Bonchev–Trinajstić information content (AvgIpc) is 3.15. The van der Waals surface area contributed by atoms with Gasteiger partial charge >= 0.3 is 0 Å². The van der Waals surface area contributed by atoms with E-state index in [2.05, 4.69) is 30.8 Å². The van der Waals surface area contributed by atoms with Gasteiger partial charge in [-0.2, -0.15) is 4.98 Å². The van der Waals surface area contributed by atoms with Crippen LogP contribution in [0.3, 0.4) is 0 Å². The Bertz CT molecular complexity index is 893. The van der Waals surface area contributed by atoms with Crippen LogP contribution in [0.4, 0.5) is 0 Å². The van der Waals surface area contributed by atoms with E-state index in [9.17, 15) is 0 Å². The molecule has 0 atom stereocenters. The molecular formula is C18H18Cl2N6O. The molecule has 3 aromatic rings. The molecule has 2 N–H and O–H groups in total. The van der Waals surface area contributed by atoms with Gasteiger partial charge in [0.1, 0.15) is 5.15 Å². The van der Waals surface area contributed by atoms with Crippen molar-refractivity contribution in [1.29, 1.82) is 0 Å². The lowest BCUT2D eigenvalue weighted by molar-refractivity contribution is 0.375. The number of benzene rings is 1. The summed E-state index contributed by atoms with van der Waals surface area (Å²) in [5.74, 6) is 1.62. The lowest BCUT2D eigenvalue weighted by Gasteiger charge is -2.10. The molecule has 0 saturated heterocycles. The molecular weight excluding hydrogens is 387 g/mol. The van der Waals surface area contributed by atoms with Crippen LogP contribution in [0.25, 0.3) is 11.4 Å². The highest BCUT2D eigenvalue weighted by atomic mass is 35.5. The third kappa shape index (κ3) is 5.67. The highest BCUT2D eigenvalue weighted by Crippen LogP contribution is 2.18. The van der Waals surface area contributed by atoms with Gasteiger partial charge in [-0.3, -0.25) is 4.99 Å². The molecule has 9 heteroatoms. The van der Waals surface area contributed by atoms with Gasteiger partial charge in [-0.1, -0.05) is 34.4 Å². The Morgan fingerprint density at radius 1 is 1.11 bits per heavy atom. The fourth-order valence-corrected chi connectivity index (χ4v) is 2.54. The van der Waals surface area contributed by atoms with Gasteiger partial charge in [0.15, 0.2) is 5.96 Å². The van der Waals surface area contributed by atoms with Crippen LogP contribution in [0, 0.1) is 0 Å². The number of aromatic nitrogens is 3. The number of nitrogens with zero attached hydrogens (tertiary/aromatic N) is 4. The lowest BCUT2D eigenvalue weighted by atomic mass is 10.2. The van der Waals surface area contributed by atoms with Crippen molar-refractivity contribution >= 4 is 29.2 Å². The van der Waals surface area contributed by atoms with Gasteiger partial charge in [0.05, 0.1) is 6.54 Å². The van der Waals surface area contributed by atoms with Crippen LogP contribution in [-0.2, 0) is 13.0 Å². The SMILES string of the molecule is CN=C(NCCc1ccc(Cl)nc1)NCc1nc(-c2ccc(Cl)cc2)no1. The maximum atomic E-state index is 5.89. The fraction of sp³-hybridized carbons (Fsp3) is 0.222. The van der Waals surface area contributed by atoms with Gasteiger partial charge < -0.3 is 15.2 Å². The molecule has 7 nitrogen and oxygen atoms in total. The van der Waals surface area contributed by atoms with E-state index in [4.69, 9.17) is 27.7 Å². The largest absolute Gasteiger partial charge is 0.356 e. The highest BCUT2D eigenvalue weighted by Gasteiger charge is 2.09. The minimum atomic E-state index is 0.364. The Labute approximate surface area is 166 Å². The summed E-state index contributed by atoms with van der Waals surface area (Å²) in [7, 11) is 1.70. The average molecular weight is 405 g/mol. The highest BCUT2D eigenvalue weighted by molar-refractivity contribution is 6.30. The zero-order valence-corrected chi connectivity index (χ0v) is 16.1. The van der Waals surface area contributed by atoms with Crippen LogP contribution in [-0.4, -0.2) is 34.7 Å². The first-order valence-corrected chi connectivity index (χ1v) is 9.03. The first-order valence-electron chi connectivity index (χ1n) is 8.27. The molecule has 0 unspecified atom stereocenters. The Hall–Kier alpha value is -2.64. The Kier molecular flexibility index (Phi) is 6.62. The molecule has 2 aromatic heterocycles. The third-order valence-corrected chi connectivity index (χ3v) is 4.17. The van der Waals surface area contributed by atoms with Gasteiger partial charge in [0.2, 0.25) is 11.7 Å². The number of nitrogens with one attached hydrogen (secondary N) is 2. The number of rotatable bonds is 6. The van der Waals surface area contributed by atoms with Crippen LogP contribution >= 0.6 is 23.2 Å². The van der Waals surface area contributed by atoms with Crippen LogP contribution in [0.15, 0.2) is 52.1 Å². The summed E-state index contributed by atoms with van der Waals surface area (Å²) in [6.45, 7) is 1.06. The minimum Gasteiger partial charge on any atom is -0.356 e. The number of guanidine groups is 1. The van der Waals surface area contributed by atoms with E-state index < -0.39 is 0 Å². The summed E-state index contributed by atoms with van der Waals surface area (Å²) in [4.78, 5) is 12.6. The summed E-state index contributed by atoms with van der Waals surface area (Å²) >= 11 is 11.7. The van der Waals surface area contributed by atoms with Crippen LogP contribution in [0.5, 0.6) is 0 Å². The number of halogens is 2. The van der Waals surface area contributed by atoms with Crippen molar-refractivity contribution in [3.8, 4) is 11.4 Å². The molecule has 0 aliphatic heterocycles. The molecule has 0 aliphatic carbocycles. The van der Waals surface area contributed by atoms with E-state index in [1.165, 1.54) is 0 Å². The van der Waals surface area contributed by atoms with Gasteiger partial charge in [0.25, 0.3) is 0 Å². The summed E-state index contributed by atoms with van der Waals surface area (Å²) in [5, 5.41) is 11.5. The summed E-state index contributed by atoms with van der Waals surface area (Å²) in [5.41, 5.74) is 1.93. The fourth-order valence-electron chi connectivity index (χ4n) is 2.30. The molecule has 0 radical (unpaired) electrons. The molecule has 27 heavy (non-hydrogen) atoms. The van der Waals surface area contributed by atoms with Crippen molar-refractivity contribution in [3.63, 3.8) is 0 Å². The van der Waals surface area contributed by atoms with Gasteiger partial charge in [0, 0.05) is 30.4 Å². The topological polar surface area (TPSA) is 88.2 Å². The second-order valence-electron chi connectivity index (χ2n) is 5.61. The van der Waals surface area contributed by atoms with Crippen molar-refractivity contribution in [2.75, 3.05) is 13.6 Å². The number of aliphatic imine (C=N–C) groups is 1. The standard InChI is InChI=1S/C18H18Cl2N6O/c1-21-18(22-9-8-12-2-7-15(20)23-10-12)24-11-16-25-17(26-27-16)13-3-5-14(19)6-4-13/h2-7,10H,8-9,11H2,1H3,(H2,21,22,24). The Balaban J connectivity index is 1.48. The Morgan fingerprint density at radius 3 is 2.63 bits per heavy atom. The van der Waals surface area contributed by atoms with E-state index in [-0.39, 0.29) is 0 Å². The lowest BCUT2D eigenvalue weighted by Crippen LogP contribution is -2.37. The zero-order chi connectivity index (χ0) is 19.1. The van der Waals surface area contributed by atoms with E-state index in [0.29, 0.717) is 40.9 Å². The third-order valence-electron chi connectivity index (χ3n) is 3.70. The molecule has 0 spiro atoms. The molecule has 0 saturated carbocycles. The molecule has 140 valence electrons. The summed E-state index contributed by atoms with van der Waals surface area (Å²) in [6.07, 6.45) is 2.56. The first kappa shape index (κ1) is 19.1. The molecule has 2 heterocycles. The first-order chi connectivity index (χ1) is 13.1.